The minimum Gasteiger partial charge on any atom is -0.480 e. The first-order valence-electron chi connectivity index (χ1n) is 5.73. The van der Waals surface area contributed by atoms with Crippen molar-refractivity contribution in [2.75, 3.05) is 19.6 Å². The Bertz CT molecular complexity index is 216. The molecule has 0 aromatic rings. The third kappa shape index (κ3) is 8.06. The van der Waals surface area contributed by atoms with Crippen LogP contribution in [0.4, 0.5) is 0 Å². The Morgan fingerprint density at radius 1 is 1.06 bits per heavy atom. The zero-order valence-corrected chi connectivity index (χ0v) is 9.88. The van der Waals surface area contributed by atoms with Crippen LogP contribution in [0.2, 0.25) is 0 Å². The van der Waals surface area contributed by atoms with Crippen LogP contribution in [0.25, 0.3) is 0 Å². The Balaban J connectivity index is 3.87. The molecule has 17 heavy (non-hydrogen) atoms. The van der Waals surface area contributed by atoms with E-state index in [4.69, 9.17) is 16.6 Å². The highest BCUT2D eigenvalue weighted by atomic mass is 16.4. The van der Waals surface area contributed by atoms with Crippen LogP contribution in [-0.2, 0) is 4.79 Å². The number of aliphatic hydroxyl groups excluding tert-OH is 2. The molecular weight excluding hydrogens is 226 g/mol. The number of carboxylic acid groups (broad SMARTS) is 1. The summed E-state index contributed by atoms with van der Waals surface area (Å²) in [5.41, 5.74) is 10.5. The fraction of sp³-hybridized carbons (Fsp3) is 0.900. The normalized spacial score (nSPS) is 16.5. The summed E-state index contributed by atoms with van der Waals surface area (Å²) >= 11 is 0. The predicted molar refractivity (Wildman–Crippen MR) is 63.4 cm³/mol. The van der Waals surface area contributed by atoms with Crippen LogP contribution in [0.5, 0.6) is 0 Å². The molecule has 0 amide bonds. The van der Waals surface area contributed by atoms with Gasteiger partial charge in [0.15, 0.2) is 0 Å². The molecule has 0 radical (unpaired) electrons. The fourth-order valence-electron chi connectivity index (χ4n) is 1.33. The van der Waals surface area contributed by atoms with E-state index in [2.05, 4.69) is 5.32 Å². The lowest BCUT2D eigenvalue weighted by molar-refractivity contribution is -0.139. The zero-order valence-electron chi connectivity index (χ0n) is 9.88. The van der Waals surface area contributed by atoms with Crippen molar-refractivity contribution in [3.8, 4) is 0 Å². The van der Waals surface area contributed by atoms with Gasteiger partial charge in [0.2, 0.25) is 0 Å². The van der Waals surface area contributed by atoms with E-state index in [0.29, 0.717) is 25.8 Å². The van der Waals surface area contributed by atoms with Crippen molar-refractivity contribution >= 4 is 5.97 Å². The average molecular weight is 249 g/mol. The van der Waals surface area contributed by atoms with Crippen molar-refractivity contribution < 1.29 is 20.1 Å². The molecule has 0 aromatic heterocycles. The Labute approximate surface area is 101 Å². The third-order valence-corrected chi connectivity index (χ3v) is 2.50. The molecule has 0 spiro atoms. The molecule has 0 rings (SSSR count). The molecule has 0 heterocycles. The lowest BCUT2D eigenvalue weighted by Crippen LogP contribution is -2.39. The van der Waals surface area contributed by atoms with Gasteiger partial charge < -0.3 is 32.1 Å². The number of hydrogen-bond acceptors (Lipinski definition) is 6. The summed E-state index contributed by atoms with van der Waals surface area (Å²) in [6.07, 6.45) is -0.258. The second-order valence-electron chi connectivity index (χ2n) is 3.99. The molecule has 0 bridgehead atoms. The first-order valence-corrected chi connectivity index (χ1v) is 5.73. The zero-order chi connectivity index (χ0) is 13.3. The highest BCUT2D eigenvalue weighted by Gasteiger charge is 2.18. The van der Waals surface area contributed by atoms with E-state index in [-0.39, 0.29) is 13.1 Å². The highest BCUT2D eigenvalue weighted by molar-refractivity contribution is 5.73. The quantitative estimate of drug-likeness (QED) is 0.259. The first-order chi connectivity index (χ1) is 8.01. The summed E-state index contributed by atoms with van der Waals surface area (Å²) in [7, 11) is 0. The lowest BCUT2D eigenvalue weighted by Gasteiger charge is -2.17. The Hall–Kier alpha value is -0.730. The number of aliphatic carboxylic acids is 1. The number of rotatable bonds is 10. The van der Waals surface area contributed by atoms with Gasteiger partial charge in [-0.15, -0.1) is 0 Å². The van der Waals surface area contributed by atoms with E-state index in [9.17, 15) is 15.0 Å². The highest BCUT2D eigenvalue weighted by Crippen LogP contribution is 2.02. The first kappa shape index (κ1) is 16.3. The molecular formula is C10H23N3O4. The SMILES string of the molecule is NCC(O)CCN[C@@H](CC[C@@H](O)CN)C(=O)O. The number of hydrogen-bond donors (Lipinski definition) is 6. The lowest BCUT2D eigenvalue weighted by atomic mass is 10.1. The molecule has 7 heteroatoms. The summed E-state index contributed by atoms with van der Waals surface area (Å²) in [6, 6.07) is -0.735. The van der Waals surface area contributed by atoms with Gasteiger partial charge in [0.25, 0.3) is 0 Å². The van der Waals surface area contributed by atoms with Crippen molar-refractivity contribution in [1.82, 2.24) is 5.32 Å². The van der Waals surface area contributed by atoms with Crippen LogP contribution in [0.3, 0.4) is 0 Å². The van der Waals surface area contributed by atoms with E-state index in [0.717, 1.165) is 0 Å². The predicted octanol–water partition coefficient (Wildman–Crippen LogP) is -2.16. The fourth-order valence-corrected chi connectivity index (χ4v) is 1.33. The van der Waals surface area contributed by atoms with Crippen molar-refractivity contribution in [3.05, 3.63) is 0 Å². The monoisotopic (exact) mass is 249 g/mol. The summed E-state index contributed by atoms with van der Waals surface area (Å²) in [6.45, 7) is 0.650. The minimum atomic E-state index is -0.976. The average Bonchev–Trinajstić information content (AvgIpc) is 2.31. The molecule has 0 saturated carbocycles. The topological polar surface area (TPSA) is 142 Å². The maximum absolute atomic E-state index is 10.9. The molecule has 0 aliphatic rings. The largest absolute Gasteiger partial charge is 0.480 e. The van der Waals surface area contributed by atoms with Gasteiger partial charge in [-0.2, -0.15) is 0 Å². The van der Waals surface area contributed by atoms with Crippen LogP contribution >= 0.6 is 0 Å². The van der Waals surface area contributed by atoms with Gasteiger partial charge in [0.1, 0.15) is 6.04 Å². The van der Waals surface area contributed by atoms with Gasteiger partial charge in [0, 0.05) is 13.1 Å². The second kappa shape index (κ2) is 9.32. The molecule has 0 fully saturated rings. The Morgan fingerprint density at radius 2 is 1.59 bits per heavy atom. The minimum absolute atomic E-state index is 0.123. The number of carboxylic acids is 1. The van der Waals surface area contributed by atoms with Crippen molar-refractivity contribution in [2.24, 2.45) is 11.5 Å². The van der Waals surface area contributed by atoms with Crippen LogP contribution in [0.15, 0.2) is 0 Å². The molecule has 102 valence electrons. The summed E-state index contributed by atoms with van der Waals surface area (Å²) in [5.74, 6) is -0.976. The molecule has 0 aliphatic heterocycles. The molecule has 0 aliphatic carbocycles. The van der Waals surface area contributed by atoms with E-state index in [1.165, 1.54) is 0 Å². The summed E-state index contributed by atoms with van der Waals surface area (Å²) < 4.78 is 0. The Morgan fingerprint density at radius 3 is 2.06 bits per heavy atom. The van der Waals surface area contributed by atoms with Crippen molar-refractivity contribution in [2.45, 2.75) is 37.5 Å². The van der Waals surface area contributed by atoms with Crippen LogP contribution in [0.1, 0.15) is 19.3 Å². The van der Waals surface area contributed by atoms with Crippen LogP contribution in [-0.4, -0.2) is 59.2 Å². The van der Waals surface area contributed by atoms with Gasteiger partial charge in [-0.1, -0.05) is 0 Å². The number of aliphatic hydroxyl groups is 2. The molecule has 1 unspecified atom stereocenters. The van der Waals surface area contributed by atoms with Gasteiger partial charge in [-0.05, 0) is 25.8 Å². The van der Waals surface area contributed by atoms with Crippen molar-refractivity contribution in [1.29, 1.82) is 0 Å². The molecule has 0 saturated heterocycles. The maximum atomic E-state index is 10.9. The summed E-state index contributed by atoms with van der Waals surface area (Å²) in [4.78, 5) is 10.9. The maximum Gasteiger partial charge on any atom is 0.320 e. The van der Waals surface area contributed by atoms with E-state index in [1.54, 1.807) is 0 Å². The molecule has 7 nitrogen and oxygen atoms in total. The van der Waals surface area contributed by atoms with E-state index in [1.807, 2.05) is 0 Å². The standard InChI is InChI=1S/C10H23N3O4/c11-5-7(14)1-2-9(10(16)17)13-4-3-8(15)6-12/h7-9,13-15H,1-6,11-12H2,(H,16,17)/t7-,8?,9+/m1/s1. The Kier molecular flexibility index (Phi) is 8.92. The molecule has 8 N–H and O–H groups in total. The second-order valence-corrected chi connectivity index (χ2v) is 3.99. The van der Waals surface area contributed by atoms with Gasteiger partial charge in [-0.25, -0.2) is 0 Å². The number of nitrogens with one attached hydrogen (secondary N) is 1. The van der Waals surface area contributed by atoms with E-state index < -0.39 is 24.2 Å². The smallest absolute Gasteiger partial charge is 0.320 e. The summed E-state index contributed by atoms with van der Waals surface area (Å²) in [5, 5.41) is 30.2. The van der Waals surface area contributed by atoms with Gasteiger partial charge in [0.05, 0.1) is 12.2 Å². The van der Waals surface area contributed by atoms with Crippen LogP contribution in [0, 0.1) is 0 Å². The van der Waals surface area contributed by atoms with E-state index >= 15 is 0 Å². The number of carbonyl (C=O) groups is 1. The van der Waals surface area contributed by atoms with Crippen LogP contribution < -0.4 is 16.8 Å². The van der Waals surface area contributed by atoms with Gasteiger partial charge >= 0.3 is 5.97 Å². The molecule has 3 atom stereocenters. The molecule has 0 aromatic carbocycles. The third-order valence-electron chi connectivity index (χ3n) is 2.50. The number of nitrogens with two attached hydrogens (primary N) is 2. The van der Waals surface area contributed by atoms with Gasteiger partial charge in [-0.3, -0.25) is 4.79 Å². The van der Waals surface area contributed by atoms with Crippen molar-refractivity contribution in [3.63, 3.8) is 0 Å².